The summed E-state index contributed by atoms with van der Waals surface area (Å²) in [5, 5.41) is 4.15. The molecule has 0 unspecified atom stereocenters. The summed E-state index contributed by atoms with van der Waals surface area (Å²) in [7, 11) is 3.22. The van der Waals surface area contributed by atoms with Crippen molar-refractivity contribution in [3.8, 4) is 22.9 Å². The summed E-state index contributed by atoms with van der Waals surface area (Å²) in [6.45, 7) is 2.83. The smallest absolute Gasteiger partial charge is 0.246 e. The number of fused-ring (bicyclic) bond motifs is 1. The molecule has 6 heteroatoms. The number of benzene rings is 2. The summed E-state index contributed by atoms with van der Waals surface area (Å²) in [5.74, 6) is 2.45. The predicted octanol–water partition coefficient (Wildman–Crippen LogP) is 4.10. The van der Waals surface area contributed by atoms with Gasteiger partial charge in [0.25, 0.3) is 0 Å². The van der Waals surface area contributed by atoms with Gasteiger partial charge in [-0.2, -0.15) is 4.98 Å². The quantitative estimate of drug-likeness (QED) is 0.678. The van der Waals surface area contributed by atoms with Gasteiger partial charge in [-0.3, -0.25) is 0 Å². The van der Waals surface area contributed by atoms with Crippen molar-refractivity contribution in [3.05, 3.63) is 53.9 Å². The molecule has 0 fully saturated rings. The summed E-state index contributed by atoms with van der Waals surface area (Å²) in [5.41, 5.74) is 3.45. The minimum absolute atomic E-state index is 0.427. The Morgan fingerprint density at radius 3 is 2.74 bits per heavy atom. The van der Waals surface area contributed by atoms with Gasteiger partial charge in [0.1, 0.15) is 0 Å². The number of aryl methyl sites for hydroxylation is 1. The fourth-order valence-electron chi connectivity index (χ4n) is 3.56. The molecule has 140 valence electrons. The first-order valence-corrected chi connectivity index (χ1v) is 9.09. The molecule has 1 aliphatic rings. The molecule has 4 rings (SSSR count). The summed E-state index contributed by atoms with van der Waals surface area (Å²) in [6, 6.07) is 14.5. The van der Waals surface area contributed by atoms with E-state index in [1.165, 1.54) is 11.3 Å². The maximum absolute atomic E-state index is 5.54. The lowest BCUT2D eigenvalue weighted by Crippen LogP contribution is -2.36. The van der Waals surface area contributed by atoms with Crippen LogP contribution in [0.5, 0.6) is 11.5 Å². The highest BCUT2D eigenvalue weighted by Gasteiger charge is 2.24. The van der Waals surface area contributed by atoms with Crippen molar-refractivity contribution >= 4 is 5.69 Å². The average molecular weight is 365 g/mol. The first kappa shape index (κ1) is 17.4. The second kappa shape index (κ2) is 7.31. The molecular formula is C21H23N3O3. The van der Waals surface area contributed by atoms with Crippen molar-refractivity contribution in [1.29, 1.82) is 0 Å². The Balaban J connectivity index is 1.59. The average Bonchev–Trinajstić information content (AvgIpc) is 3.18. The molecule has 2 aromatic carbocycles. The van der Waals surface area contributed by atoms with Gasteiger partial charge >= 0.3 is 0 Å². The van der Waals surface area contributed by atoms with Gasteiger partial charge in [-0.15, -0.1) is 0 Å². The molecule has 1 aliphatic heterocycles. The van der Waals surface area contributed by atoms with Gasteiger partial charge in [0, 0.05) is 17.3 Å². The molecule has 0 N–H and O–H groups in total. The van der Waals surface area contributed by atoms with Crippen LogP contribution in [0.15, 0.2) is 47.0 Å². The molecule has 6 nitrogen and oxygen atoms in total. The lowest BCUT2D eigenvalue weighted by molar-refractivity contribution is 0.355. The zero-order valence-electron chi connectivity index (χ0n) is 15.8. The number of para-hydroxylation sites is 1. The molecule has 0 amide bonds. The summed E-state index contributed by atoms with van der Waals surface area (Å²) in [6.07, 6.45) is 2.22. The Morgan fingerprint density at radius 2 is 1.93 bits per heavy atom. The van der Waals surface area contributed by atoms with Gasteiger partial charge in [0.15, 0.2) is 11.5 Å². The number of hydrogen-bond acceptors (Lipinski definition) is 6. The van der Waals surface area contributed by atoms with E-state index in [1.807, 2.05) is 18.2 Å². The van der Waals surface area contributed by atoms with Crippen LogP contribution in [0.3, 0.4) is 0 Å². The van der Waals surface area contributed by atoms with Crippen molar-refractivity contribution in [1.82, 2.24) is 10.1 Å². The third kappa shape index (κ3) is 3.35. The van der Waals surface area contributed by atoms with E-state index in [2.05, 4.69) is 46.2 Å². The minimum atomic E-state index is 0.427. The van der Waals surface area contributed by atoms with Gasteiger partial charge < -0.3 is 18.9 Å². The van der Waals surface area contributed by atoms with E-state index in [1.54, 1.807) is 14.2 Å². The molecule has 0 aliphatic carbocycles. The fourth-order valence-corrected chi connectivity index (χ4v) is 3.56. The molecule has 1 aromatic heterocycles. The van der Waals surface area contributed by atoms with E-state index in [-0.39, 0.29) is 0 Å². The lowest BCUT2D eigenvalue weighted by atomic mass is 9.97. The lowest BCUT2D eigenvalue weighted by Gasteiger charge is -2.36. The first-order chi connectivity index (χ1) is 13.2. The molecule has 27 heavy (non-hydrogen) atoms. The highest BCUT2D eigenvalue weighted by molar-refractivity contribution is 5.61. The van der Waals surface area contributed by atoms with Gasteiger partial charge in [-0.05, 0) is 49.6 Å². The van der Waals surface area contributed by atoms with Crippen LogP contribution in [0.4, 0.5) is 5.69 Å². The van der Waals surface area contributed by atoms with E-state index in [4.69, 9.17) is 14.0 Å². The number of anilines is 1. The zero-order valence-corrected chi connectivity index (χ0v) is 15.8. The molecule has 2 heterocycles. The molecule has 0 saturated heterocycles. The van der Waals surface area contributed by atoms with Crippen molar-refractivity contribution < 1.29 is 14.0 Å². The molecule has 0 spiro atoms. The molecule has 1 atom stereocenters. The van der Waals surface area contributed by atoms with Crippen LogP contribution in [0.2, 0.25) is 0 Å². The normalized spacial score (nSPS) is 16.1. The molecule has 0 bridgehead atoms. The SMILES string of the molecule is COc1ccc(-c2noc(CN3c4ccccc4CC[C@H]3C)n2)cc1OC. The van der Waals surface area contributed by atoms with Crippen LogP contribution in [0.1, 0.15) is 24.8 Å². The fraction of sp³-hybridized carbons (Fsp3) is 0.333. The summed E-state index contributed by atoms with van der Waals surface area (Å²) < 4.78 is 16.2. The molecular weight excluding hydrogens is 342 g/mol. The van der Waals surface area contributed by atoms with Gasteiger partial charge in [0.05, 0.1) is 20.8 Å². The predicted molar refractivity (Wildman–Crippen MR) is 103 cm³/mol. The number of ether oxygens (including phenoxy) is 2. The van der Waals surface area contributed by atoms with Crippen molar-refractivity contribution in [2.24, 2.45) is 0 Å². The number of hydrogen-bond donors (Lipinski definition) is 0. The number of aromatic nitrogens is 2. The second-order valence-electron chi connectivity index (χ2n) is 6.73. The maximum atomic E-state index is 5.54. The Labute approximate surface area is 158 Å². The number of methoxy groups -OCH3 is 2. The summed E-state index contributed by atoms with van der Waals surface area (Å²) >= 11 is 0. The Hall–Kier alpha value is -3.02. The summed E-state index contributed by atoms with van der Waals surface area (Å²) in [4.78, 5) is 6.94. The minimum Gasteiger partial charge on any atom is -0.493 e. The third-order valence-electron chi connectivity index (χ3n) is 5.08. The van der Waals surface area contributed by atoms with E-state index in [0.717, 1.165) is 18.4 Å². The Bertz CT molecular complexity index is 938. The largest absolute Gasteiger partial charge is 0.493 e. The van der Waals surface area contributed by atoms with Crippen molar-refractivity contribution in [3.63, 3.8) is 0 Å². The first-order valence-electron chi connectivity index (χ1n) is 9.09. The van der Waals surface area contributed by atoms with Crippen molar-refractivity contribution in [2.75, 3.05) is 19.1 Å². The maximum Gasteiger partial charge on any atom is 0.246 e. The third-order valence-corrected chi connectivity index (χ3v) is 5.08. The molecule has 0 radical (unpaired) electrons. The second-order valence-corrected chi connectivity index (χ2v) is 6.73. The van der Waals surface area contributed by atoms with E-state index >= 15 is 0 Å². The molecule has 3 aromatic rings. The standard InChI is InChI=1S/C21H23N3O3/c1-14-8-9-15-6-4-5-7-17(15)24(14)13-20-22-21(23-27-20)16-10-11-18(25-2)19(12-16)26-3/h4-7,10-12,14H,8-9,13H2,1-3H3/t14-/m1/s1. The van der Waals surface area contributed by atoms with Crippen LogP contribution >= 0.6 is 0 Å². The van der Waals surface area contributed by atoms with Crippen LogP contribution in [-0.4, -0.2) is 30.4 Å². The van der Waals surface area contributed by atoms with Gasteiger partial charge in [0.2, 0.25) is 11.7 Å². The number of rotatable bonds is 5. The van der Waals surface area contributed by atoms with Gasteiger partial charge in [-0.1, -0.05) is 23.4 Å². The topological polar surface area (TPSA) is 60.6 Å². The van der Waals surface area contributed by atoms with E-state index in [9.17, 15) is 0 Å². The van der Waals surface area contributed by atoms with E-state index in [0.29, 0.717) is 35.8 Å². The van der Waals surface area contributed by atoms with Crippen LogP contribution < -0.4 is 14.4 Å². The molecule has 0 saturated carbocycles. The highest BCUT2D eigenvalue weighted by atomic mass is 16.5. The van der Waals surface area contributed by atoms with Crippen LogP contribution in [0.25, 0.3) is 11.4 Å². The van der Waals surface area contributed by atoms with Crippen molar-refractivity contribution in [2.45, 2.75) is 32.4 Å². The van der Waals surface area contributed by atoms with Crippen LogP contribution in [-0.2, 0) is 13.0 Å². The Morgan fingerprint density at radius 1 is 1.11 bits per heavy atom. The monoisotopic (exact) mass is 365 g/mol. The highest BCUT2D eigenvalue weighted by Crippen LogP contribution is 2.33. The Kier molecular flexibility index (Phi) is 4.71. The van der Waals surface area contributed by atoms with Gasteiger partial charge in [-0.25, -0.2) is 0 Å². The zero-order chi connectivity index (χ0) is 18.8. The van der Waals surface area contributed by atoms with E-state index < -0.39 is 0 Å². The number of nitrogens with zero attached hydrogens (tertiary/aromatic N) is 3. The van der Waals surface area contributed by atoms with Crippen LogP contribution in [0, 0.1) is 0 Å².